The van der Waals surface area contributed by atoms with E-state index in [1.54, 1.807) is 0 Å². The number of carboxylic acids is 1. The summed E-state index contributed by atoms with van der Waals surface area (Å²) in [5, 5.41) is 9.17. The van der Waals surface area contributed by atoms with Crippen LogP contribution in [0.3, 0.4) is 0 Å². The number of aromatic carboxylic acids is 1. The van der Waals surface area contributed by atoms with Gasteiger partial charge in [0.1, 0.15) is 0 Å². The maximum Gasteiger partial charge on any atom is 0.337 e. The Kier molecular flexibility index (Phi) is 4.44. The van der Waals surface area contributed by atoms with Crippen molar-refractivity contribution in [3.63, 3.8) is 0 Å². The molecule has 0 aliphatic carbocycles. The minimum Gasteiger partial charge on any atom is -0.478 e. The number of aromatic nitrogens is 1. The molecule has 0 spiro atoms. The van der Waals surface area contributed by atoms with Gasteiger partial charge < -0.3 is 20.6 Å². The molecular formula is C14H22N4O2. The SMILES string of the molecule is CCC1CN(C)CCCN1c1nccc(C(=O)O)c1N. The Morgan fingerprint density at radius 1 is 1.55 bits per heavy atom. The van der Waals surface area contributed by atoms with E-state index >= 15 is 0 Å². The molecule has 1 aromatic rings. The Labute approximate surface area is 119 Å². The summed E-state index contributed by atoms with van der Waals surface area (Å²) in [5.41, 5.74) is 6.41. The summed E-state index contributed by atoms with van der Waals surface area (Å²) < 4.78 is 0. The molecule has 1 unspecified atom stereocenters. The van der Waals surface area contributed by atoms with Crippen LogP contribution in [0.2, 0.25) is 0 Å². The first-order valence-electron chi connectivity index (χ1n) is 6.97. The van der Waals surface area contributed by atoms with Gasteiger partial charge in [0.15, 0.2) is 5.82 Å². The molecule has 1 aromatic heterocycles. The van der Waals surface area contributed by atoms with Crippen LogP contribution in [0.25, 0.3) is 0 Å². The molecule has 0 bridgehead atoms. The average molecular weight is 278 g/mol. The number of hydrogen-bond acceptors (Lipinski definition) is 5. The number of pyridine rings is 1. The van der Waals surface area contributed by atoms with Crippen molar-refractivity contribution in [2.45, 2.75) is 25.8 Å². The highest BCUT2D eigenvalue weighted by Gasteiger charge is 2.26. The Morgan fingerprint density at radius 3 is 2.95 bits per heavy atom. The number of nitrogens with two attached hydrogens (primary N) is 1. The molecule has 2 heterocycles. The van der Waals surface area contributed by atoms with Gasteiger partial charge in [-0.05, 0) is 32.5 Å². The number of nitrogen functional groups attached to an aromatic ring is 1. The van der Waals surface area contributed by atoms with E-state index in [0.717, 1.165) is 32.5 Å². The molecule has 2 rings (SSSR count). The zero-order chi connectivity index (χ0) is 14.7. The monoisotopic (exact) mass is 278 g/mol. The van der Waals surface area contributed by atoms with Crippen LogP contribution in [0.5, 0.6) is 0 Å². The molecule has 0 radical (unpaired) electrons. The van der Waals surface area contributed by atoms with Crippen LogP contribution in [0.4, 0.5) is 11.5 Å². The molecular weight excluding hydrogens is 256 g/mol. The van der Waals surface area contributed by atoms with Crippen LogP contribution in [-0.2, 0) is 0 Å². The van der Waals surface area contributed by atoms with E-state index in [4.69, 9.17) is 5.73 Å². The molecule has 6 heteroatoms. The Morgan fingerprint density at radius 2 is 2.30 bits per heavy atom. The molecule has 110 valence electrons. The summed E-state index contributed by atoms with van der Waals surface area (Å²) in [6.45, 7) is 4.96. The van der Waals surface area contributed by atoms with E-state index in [9.17, 15) is 9.90 Å². The van der Waals surface area contributed by atoms with Gasteiger partial charge in [-0.15, -0.1) is 0 Å². The van der Waals surface area contributed by atoms with Gasteiger partial charge in [-0.1, -0.05) is 6.92 Å². The summed E-state index contributed by atoms with van der Waals surface area (Å²) in [5.74, 6) is -0.404. The Hall–Kier alpha value is -1.82. The summed E-state index contributed by atoms with van der Waals surface area (Å²) in [6, 6.07) is 1.76. The first-order valence-corrected chi connectivity index (χ1v) is 6.97. The maximum absolute atomic E-state index is 11.2. The van der Waals surface area contributed by atoms with Crippen molar-refractivity contribution in [1.82, 2.24) is 9.88 Å². The van der Waals surface area contributed by atoms with Gasteiger partial charge in [0.25, 0.3) is 0 Å². The molecule has 0 saturated carbocycles. The van der Waals surface area contributed by atoms with Crippen molar-refractivity contribution in [2.75, 3.05) is 37.3 Å². The molecule has 20 heavy (non-hydrogen) atoms. The highest BCUT2D eigenvalue weighted by Crippen LogP contribution is 2.28. The van der Waals surface area contributed by atoms with E-state index < -0.39 is 5.97 Å². The second-order valence-electron chi connectivity index (χ2n) is 5.27. The Bertz CT molecular complexity index is 492. The lowest BCUT2D eigenvalue weighted by Crippen LogP contribution is -2.40. The third-order valence-electron chi connectivity index (χ3n) is 3.84. The summed E-state index contributed by atoms with van der Waals surface area (Å²) in [7, 11) is 2.11. The fraction of sp³-hybridized carbons (Fsp3) is 0.571. The van der Waals surface area contributed by atoms with Crippen LogP contribution < -0.4 is 10.6 Å². The average Bonchev–Trinajstić information content (AvgIpc) is 2.60. The fourth-order valence-corrected chi connectivity index (χ4v) is 2.75. The first-order chi connectivity index (χ1) is 9.54. The number of hydrogen-bond donors (Lipinski definition) is 2. The normalized spacial score (nSPS) is 20.7. The van der Waals surface area contributed by atoms with E-state index in [0.29, 0.717) is 11.9 Å². The van der Waals surface area contributed by atoms with Gasteiger partial charge in [-0.3, -0.25) is 0 Å². The summed E-state index contributed by atoms with van der Waals surface area (Å²) in [4.78, 5) is 20.0. The predicted octanol–water partition coefficient (Wildman–Crippen LogP) is 1.28. The molecule has 1 aliphatic heterocycles. The van der Waals surface area contributed by atoms with Crippen LogP contribution in [-0.4, -0.2) is 53.7 Å². The molecule has 6 nitrogen and oxygen atoms in total. The number of rotatable bonds is 3. The topological polar surface area (TPSA) is 82.7 Å². The summed E-state index contributed by atoms with van der Waals surface area (Å²) in [6.07, 6.45) is 3.52. The van der Waals surface area contributed by atoms with E-state index in [1.807, 2.05) is 0 Å². The summed E-state index contributed by atoms with van der Waals surface area (Å²) >= 11 is 0. The van der Waals surface area contributed by atoms with Crippen LogP contribution in [0.1, 0.15) is 30.1 Å². The number of nitrogens with zero attached hydrogens (tertiary/aromatic N) is 3. The van der Waals surface area contributed by atoms with Gasteiger partial charge >= 0.3 is 5.97 Å². The van der Waals surface area contributed by atoms with E-state index in [1.165, 1.54) is 12.3 Å². The molecule has 1 aliphatic rings. The van der Waals surface area contributed by atoms with Crippen molar-refractivity contribution >= 4 is 17.5 Å². The van der Waals surface area contributed by atoms with E-state index in [2.05, 4.69) is 28.8 Å². The van der Waals surface area contributed by atoms with Crippen LogP contribution in [0.15, 0.2) is 12.3 Å². The van der Waals surface area contributed by atoms with Crippen LogP contribution >= 0.6 is 0 Å². The highest BCUT2D eigenvalue weighted by molar-refractivity contribution is 5.96. The number of carbonyl (C=O) groups is 1. The molecule has 1 atom stereocenters. The third-order valence-corrected chi connectivity index (χ3v) is 3.84. The zero-order valence-electron chi connectivity index (χ0n) is 12.0. The fourth-order valence-electron chi connectivity index (χ4n) is 2.75. The molecule has 0 amide bonds. The highest BCUT2D eigenvalue weighted by atomic mass is 16.4. The zero-order valence-corrected chi connectivity index (χ0v) is 12.0. The first kappa shape index (κ1) is 14.6. The maximum atomic E-state index is 11.2. The largest absolute Gasteiger partial charge is 0.478 e. The molecule has 0 aromatic carbocycles. The number of carboxylic acid groups (broad SMARTS) is 1. The van der Waals surface area contributed by atoms with Crippen molar-refractivity contribution < 1.29 is 9.90 Å². The van der Waals surface area contributed by atoms with Crippen molar-refractivity contribution in [3.8, 4) is 0 Å². The van der Waals surface area contributed by atoms with Gasteiger partial charge in [-0.2, -0.15) is 0 Å². The minimum absolute atomic E-state index is 0.127. The molecule has 1 fully saturated rings. The second-order valence-corrected chi connectivity index (χ2v) is 5.27. The van der Waals surface area contributed by atoms with Gasteiger partial charge in [0.2, 0.25) is 0 Å². The van der Waals surface area contributed by atoms with Gasteiger partial charge in [0, 0.05) is 25.3 Å². The van der Waals surface area contributed by atoms with E-state index in [-0.39, 0.29) is 11.3 Å². The second kappa shape index (κ2) is 6.09. The van der Waals surface area contributed by atoms with Crippen molar-refractivity contribution in [3.05, 3.63) is 17.8 Å². The van der Waals surface area contributed by atoms with Crippen molar-refractivity contribution in [2.24, 2.45) is 0 Å². The molecule has 1 saturated heterocycles. The number of likely N-dealkylation sites (N-methyl/N-ethyl adjacent to an activating group) is 1. The predicted molar refractivity (Wildman–Crippen MR) is 79.1 cm³/mol. The Balaban J connectivity index is 2.38. The van der Waals surface area contributed by atoms with Gasteiger partial charge in [0.05, 0.1) is 11.3 Å². The molecule has 3 N–H and O–H groups in total. The lowest BCUT2D eigenvalue weighted by Gasteiger charge is -2.32. The lowest BCUT2D eigenvalue weighted by molar-refractivity contribution is 0.0698. The smallest absolute Gasteiger partial charge is 0.337 e. The minimum atomic E-state index is -1.01. The standard InChI is InChI=1S/C14H22N4O2/c1-3-10-9-17(2)7-4-8-18(10)13-12(15)11(14(19)20)5-6-16-13/h5-6,10H,3-4,7-9,15H2,1-2H3,(H,19,20). The van der Waals surface area contributed by atoms with Crippen LogP contribution in [0, 0.1) is 0 Å². The van der Waals surface area contributed by atoms with Crippen molar-refractivity contribution in [1.29, 1.82) is 0 Å². The lowest BCUT2D eigenvalue weighted by atomic mass is 10.1. The third kappa shape index (κ3) is 2.85. The van der Waals surface area contributed by atoms with Gasteiger partial charge in [-0.25, -0.2) is 9.78 Å². The number of anilines is 2. The quantitative estimate of drug-likeness (QED) is 0.866.